The van der Waals surface area contributed by atoms with Gasteiger partial charge in [-0.3, -0.25) is 14.4 Å². The summed E-state index contributed by atoms with van der Waals surface area (Å²) in [4.78, 5) is 36.4. The SMILES string of the molecule is COc1cc(/C=N/NC(=O)C(=O)Nc2cccc(C(F)(F)F)c2)cc(I)c1OCC(=O)Nc1cccc(Cl)c1Cl. The van der Waals surface area contributed by atoms with Crippen molar-refractivity contribution in [2.45, 2.75) is 6.18 Å². The van der Waals surface area contributed by atoms with Gasteiger partial charge in [0.05, 0.1) is 38.2 Å². The maximum Gasteiger partial charge on any atom is 0.416 e. The van der Waals surface area contributed by atoms with Crippen molar-refractivity contribution in [3.8, 4) is 11.5 Å². The molecule has 0 saturated carbocycles. The number of ether oxygens (including phenoxy) is 2. The van der Waals surface area contributed by atoms with Crippen molar-refractivity contribution >= 4 is 81.1 Å². The summed E-state index contributed by atoms with van der Waals surface area (Å²) in [6.07, 6.45) is -3.40. The molecular formula is C25H18Cl2F3IN4O5. The molecule has 3 rings (SSSR count). The molecule has 0 saturated heterocycles. The quantitative estimate of drug-likeness (QED) is 0.120. The molecule has 0 aromatic heterocycles. The van der Waals surface area contributed by atoms with Crippen LogP contribution < -0.4 is 25.5 Å². The van der Waals surface area contributed by atoms with Crippen LogP contribution in [0.2, 0.25) is 10.0 Å². The number of hydrazone groups is 1. The number of hydrogen-bond donors (Lipinski definition) is 3. The predicted molar refractivity (Wildman–Crippen MR) is 152 cm³/mol. The van der Waals surface area contributed by atoms with Crippen LogP contribution in [0.3, 0.4) is 0 Å². The number of carbonyl (C=O) groups is 3. The third-order valence-electron chi connectivity index (χ3n) is 4.86. The summed E-state index contributed by atoms with van der Waals surface area (Å²) in [5.74, 6) is -2.42. The lowest BCUT2D eigenvalue weighted by Crippen LogP contribution is -2.32. The summed E-state index contributed by atoms with van der Waals surface area (Å²) in [5.41, 5.74) is 1.55. The largest absolute Gasteiger partial charge is 0.493 e. The van der Waals surface area contributed by atoms with Crippen LogP contribution in [0.1, 0.15) is 11.1 Å². The summed E-state index contributed by atoms with van der Waals surface area (Å²) >= 11 is 14.0. The second-order valence-corrected chi connectivity index (χ2v) is 9.65. The molecule has 0 radical (unpaired) electrons. The summed E-state index contributed by atoms with van der Waals surface area (Å²) in [5, 5.41) is 8.83. The van der Waals surface area contributed by atoms with Crippen molar-refractivity contribution in [1.82, 2.24) is 5.43 Å². The van der Waals surface area contributed by atoms with Crippen LogP contribution in [0.4, 0.5) is 24.5 Å². The minimum Gasteiger partial charge on any atom is -0.493 e. The van der Waals surface area contributed by atoms with Gasteiger partial charge in [0.25, 0.3) is 5.91 Å². The highest BCUT2D eigenvalue weighted by Crippen LogP contribution is 2.34. The van der Waals surface area contributed by atoms with E-state index in [1.54, 1.807) is 24.3 Å². The van der Waals surface area contributed by atoms with E-state index in [4.69, 9.17) is 32.7 Å². The van der Waals surface area contributed by atoms with Crippen molar-refractivity contribution in [1.29, 1.82) is 0 Å². The summed E-state index contributed by atoms with van der Waals surface area (Å²) in [7, 11) is 1.38. The van der Waals surface area contributed by atoms with Crippen LogP contribution in [0.5, 0.6) is 11.5 Å². The zero-order valence-corrected chi connectivity index (χ0v) is 23.9. The molecular weight excluding hydrogens is 691 g/mol. The van der Waals surface area contributed by atoms with Gasteiger partial charge in [-0.2, -0.15) is 18.3 Å². The molecule has 0 spiro atoms. The lowest BCUT2D eigenvalue weighted by atomic mass is 10.2. The first-order valence-corrected chi connectivity index (χ1v) is 12.8. The minimum atomic E-state index is -4.61. The van der Waals surface area contributed by atoms with Crippen molar-refractivity contribution in [2.24, 2.45) is 5.10 Å². The van der Waals surface area contributed by atoms with Crippen LogP contribution >= 0.6 is 45.8 Å². The molecule has 0 aliphatic carbocycles. The molecule has 40 heavy (non-hydrogen) atoms. The Labute approximate surface area is 249 Å². The van der Waals surface area contributed by atoms with E-state index in [9.17, 15) is 27.6 Å². The first kappa shape index (κ1) is 31.0. The van der Waals surface area contributed by atoms with Gasteiger partial charge in [0.2, 0.25) is 0 Å². The first-order chi connectivity index (χ1) is 18.9. The molecule has 0 atom stereocenters. The van der Waals surface area contributed by atoms with E-state index in [0.29, 0.717) is 20.9 Å². The van der Waals surface area contributed by atoms with Gasteiger partial charge in [0.15, 0.2) is 18.1 Å². The highest BCUT2D eigenvalue weighted by atomic mass is 127. The standard InChI is InChI=1S/C25H18Cl2F3IN4O5/c1-39-19-9-13(8-17(31)22(19)40-12-20(36)34-18-7-3-6-16(26)21(18)27)11-32-35-24(38)23(37)33-15-5-2-4-14(10-15)25(28,29)30/h2-11H,12H2,1H3,(H,33,37)(H,34,36)(H,35,38)/b32-11+. The van der Waals surface area contributed by atoms with E-state index in [1.165, 1.54) is 25.5 Å². The summed E-state index contributed by atoms with van der Waals surface area (Å²) < 4.78 is 50.0. The Morgan fingerprint density at radius 2 is 1.75 bits per heavy atom. The predicted octanol–water partition coefficient (Wildman–Crippen LogP) is 5.73. The van der Waals surface area contributed by atoms with Crippen LogP contribution in [0, 0.1) is 3.57 Å². The molecule has 0 fully saturated rings. The lowest BCUT2D eigenvalue weighted by molar-refractivity contribution is -0.137. The monoisotopic (exact) mass is 708 g/mol. The second-order valence-electron chi connectivity index (χ2n) is 7.70. The average molecular weight is 709 g/mol. The van der Waals surface area contributed by atoms with E-state index in [1.807, 2.05) is 28.0 Å². The molecule has 3 aromatic rings. The number of methoxy groups -OCH3 is 1. The molecule has 3 amide bonds. The lowest BCUT2D eigenvalue weighted by Gasteiger charge is -2.14. The molecule has 0 unspecified atom stereocenters. The Morgan fingerprint density at radius 1 is 1.02 bits per heavy atom. The van der Waals surface area contributed by atoms with Gasteiger partial charge in [-0.1, -0.05) is 35.3 Å². The van der Waals surface area contributed by atoms with Crippen LogP contribution in [0.25, 0.3) is 0 Å². The van der Waals surface area contributed by atoms with Crippen molar-refractivity contribution in [2.75, 3.05) is 24.4 Å². The first-order valence-electron chi connectivity index (χ1n) is 10.9. The number of amides is 3. The van der Waals surface area contributed by atoms with Crippen molar-refractivity contribution in [3.05, 3.63) is 79.3 Å². The molecule has 3 N–H and O–H groups in total. The Kier molecular flexibility index (Phi) is 10.6. The summed E-state index contributed by atoms with van der Waals surface area (Å²) in [6, 6.07) is 11.7. The second kappa shape index (κ2) is 13.7. The zero-order chi connectivity index (χ0) is 29.4. The topological polar surface area (TPSA) is 118 Å². The smallest absolute Gasteiger partial charge is 0.416 e. The number of rotatable bonds is 8. The fourth-order valence-electron chi connectivity index (χ4n) is 3.06. The maximum atomic E-state index is 12.8. The molecule has 0 heterocycles. The Balaban J connectivity index is 1.59. The van der Waals surface area contributed by atoms with Crippen molar-refractivity contribution < 1.29 is 37.0 Å². The van der Waals surface area contributed by atoms with Gasteiger partial charge in [-0.25, -0.2) is 5.43 Å². The maximum absolute atomic E-state index is 12.8. The van der Waals surface area contributed by atoms with E-state index < -0.39 is 29.5 Å². The number of alkyl halides is 3. The minimum absolute atomic E-state index is 0.188. The third-order valence-corrected chi connectivity index (χ3v) is 6.48. The highest BCUT2D eigenvalue weighted by Gasteiger charge is 2.30. The van der Waals surface area contributed by atoms with E-state index in [2.05, 4.69) is 15.7 Å². The molecule has 3 aromatic carbocycles. The molecule has 0 aliphatic rings. The van der Waals surface area contributed by atoms with Gasteiger partial charge in [-0.05, 0) is 70.6 Å². The van der Waals surface area contributed by atoms with Crippen LogP contribution in [-0.4, -0.2) is 37.7 Å². The number of benzene rings is 3. The van der Waals surface area contributed by atoms with E-state index in [-0.39, 0.29) is 33.8 Å². The van der Waals surface area contributed by atoms with Gasteiger partial charge >= 0.3 is 18.0 Å². The Bertz CT molecular complexity index is 1470. The molecule has 15 heteroatoms. The fourth-order valence-corrected chi connectivity index (χ4v) is 4.18. The number of nitrogens with zero attached hydrogens (tertiary/aromatic N) is 1. The molecule has 0 bridgehead atoms. The van der Waals surface area contributed by atoms with Gasteiger partial charge < -0.3 is 20.1 Å². The molecule has 0 aliphatic heterocycles. The molecule has 9 nitrogen and oxygen atoms in total. The van der Waals surface area contributed by atoms with Gasteiger partial charge in [0.1, 0.15) is 0 Å². The van der Waals surface area contributed by atoms with Crippen LogP contribution in [-0.2, 0) is 20.6 Å². The zero-order valence-electron chi connectivity index (χ0n) is 20.2. The van der Waals surface area contributed by atoms with Gasteiger partial charge in [0, 0.05) is 5.69 Å². The Morgan fingerprint density at radius 3 is 2.45 bits per heavy atom. The van der Waals surface area contributed by atoms with Crippen molar-refractivity contribution in [3.63, 3.8) is 0 Å². The summed E-state index contributed by atoms with van der Waals surface area (Å²) in [6.45, 7) is -0.375. The fraction of sp³-hybridized carbons (Fsp3) is 0.120. The molecule has 210 valence electrons. The number of halogens is 6. The third kappa shape index (κ3) is 8.47. The number of nitrogens with one attached hydrogen (secondary N) is 3. The highest BCUT2D eigenvalue weighted by molar-refractivity contribution is 14.1. The van der Waals surface area contributed by atoms with Crippen LogP contribution in [0.15, 0.2) is 59.7 Å². The van der Waals surface area contributed by atoms with E-state index >= 15 is 0 Å². The number of carbonyl (C=O) groups excluding carboxylic acids is 3. The average Bonchev–Trinajstić information content (AvgIpc) is 2.90. The number of anilines is 2. The normalized spacial score (nSPS) is 11.2. The van der Waals surface area contributed by atoms with Gasteiger partial charge in [-0.15, -0.1) is 0 Å². The number of hydrogen-bond acceptors (Lipinski definition) is 6. The Hall–Kier alpha value is -3.56. The van der Waals surface area contributed by atoms with E-state index in [0.717, 1.165) is 12.1 Å².